The Labute approximate surface area is 256 Å². The molecule has 3 aliphatic rings. The van der Waals surface area contributed by atoms with Crippen molar-refractivity contribution in [1.29, 1.82) is 0 Å². The third-order valence-corrected chi connectivity index (χ3v) is 7.93. The van der Waals surface area contributed by atoms with Crippen molar-refractivity contribution < 1.29 is 45.5 Å². The van der Waals surface area contributed by atoms with Crippen LogP contribution in [-0.4, -0.2) is 46.3 Å². The molecule has 0 spiro atoms. The number of hydrogen-bond donors (Lipinski definition) is 0. The molecular formula is C33H32F6N2O4. The van der Waals surface area contributed by atoms with Gasteiger partial charge >= 0.3 is 5.97 Å². The summed E-state index contributed by atoms with van der Waals surface area (Å²) in [6.45, 7) is 5.43. The Morgan fingerprint density at radius 1 is 0.889 bits per heavy atom. The van der Waals surface area contributed by atoms with Crippen LogP contribution in [0.2, 0.25) is 0 Å². The number of nitrogens with zero attached hydrogens (tertiary/aromatic N) is 2. The normalized spacial score (nSPS) is 22.3. The zero-order valence-corrected chi connectivity index (χ0v) is 24.5. The van der Waals surface area contributed by atoms with Gasteiger partial charge < -0.3 is 14.5 Å². The molecule has 2 aromatic rings. The third kappa shape index (κ3) is 7.49. The van der Waals surface area contributed by atoms with Gasteiger partial charge in [0.2, 0.25) is 11.8 Å². The minimum atomic E-state index is -1.55. The van der Waals surface area contributed by atoms with Crippen LogP contribution in [0.25, 0.3) is 0 Å². The second-order valence-corrected chi connectivity index (χ2v) is 10.8. The zero-order valence-electron chi connectivity index (χ0n) is 24.5. The van der Waals surface area contributed by atoms with Crippen LogP contribution in [-0.2, 0) is 19.1 Å². The number of hydrogen-bond acceptors (Lipinski definition) is 4. The van der Waals surface area contributed by atoms with Crippen LogP contribution in [0.1, 0.15) is 68.7 Å². The van der Waals surface area contributed by atoms with Gasteiger partial charge in [-0.2, -0.15) is 0 Å². The molecule has 45 heavy (non-hydrogen) atoms. The average molecular weight is 635 g/mol. The summed E-state index contributed by atoms with van der Waals surface area (Å²) in [5, 5.41) is 0. The van der Waals surface area contributed by atoms with Gasteiger partial charge in [-0.15, -0.1) is 6.58 Å². The summed E-state index contributed by atoms with van der Waals surface area (Å²) in [6, 6.07) is 2.32. The van der Waals surface area contributed by atoms with Gasteiger partial charge in [-0.25, -0.2) is 31.1 Å². The number of carbonyl (C=O) groups excluding carboxylic acids is 3. The van der Waals surface area contributed by atoms with E-state index in [2.05, 4.69) is 6.58 Å². The molecule has 240 valence electrons. The summed E-state index contributed by atoms with van der Waals surface area (Å²) >= 11 is 0. The molecular weight excluding hydrogens is 602 g/mol. The van der Waals surface area contributed by atoms with Crippen molar-refractivity contribution in [3.05, 3.63) is 107 Å². The molecule has 3 heterocycles. The predicted octanol–water partition coefficient (Wildman–Crippen LogP) is 6.93. The molecule has 5 rings (SSSR count). The number of rotatable bonds is 7. The van der Waals surface area contributed by atoms with Crippen molar-refractivity contribution in [3.63, 3.8) is 0 Å². The van der Waals surface area contributed by atoms with Gasteiger partial charge in [0.25, 0.3) is 0 Å². The van der Waals surface area contributed by atoms with Crippen LogP contribution < -0.4 is 0 Å². The largest absolute Gasteiger partial charge is 0.463 e. The van der Waals surface area contributed by atoms with Crippen LogP contribution in [0.5, 0.6) is 0 Å². The van der Waals surface area contributed by atoms with E-state index in [1.165, 1.54) is 23.1 Å². The Hall–Kier alpha value is -4.35. The number of benzene rings is 2. The highest BCUT2D eigenvalue weighted by Crippen LogP contribution is 2.40. The Balaban J connectivity index is 0.000000214. The quantitative estimate of drug-likeness (QED) is 0.109. The van der Waals surface area contributed by atoms with Crippen molar-refractivity contribution in [2.45, 2.75) is 69.6 Å². The molecule has 0 aliphatic carbocycles. The molecule has 2 amide bonds. The lowest BCUT2D eigenvalue weighted by molar-refractivity contribution is -0.137. The molecule has 2 saturated heterocycles. The molecule has 0 aromatic heterocycles. The lowest BCUT2D eigenvalue weighted by Gasteiger charge is -2.31. The van der Waals surface area contributed by atoms with E-state index in [4.69, 9.17) is 4.74 Å². The highest BCUT2D eigenvalue weighted by molar-refractivity contribution is 5.83. The standard InChI is InChI=1S/C19H20F3NO3.C14H12F3NO/c1-3-5-17(24)23-13(7-9-18(25)26-4-2)6-8-16(23)12-10-14(20)19(22)15(21)11-12;15-10-6-8(7-11(16)14(10)17)12-5-4-9-2-1-3-13(19)18(9)12/h3,7,9-11,13,16H,1,4-6,8H2,2H3;1-2,6-7,9,12H,3-5H2/b9-7+;/t13-,16+;9-,12-/m10/s1. The first-order valence-electron chi connectivity index (χ1n) is 14.5. The van der Waals surface area contributed by atoms with Gasteiger partial charge in [-0.3, -0.25) is 9.59 Å². The topological polar surface area (TPSA) is 66.9 Å². The smallest absolute Gasteiger partial charge is 0.330 e. The average Bonchev–Trinajstić information content (AvgIpc) is 3.63. The molecule has 12 heteroatoms. The number of likely N-dealkylation sites (tertiary alicyclic amines) is 1. The highest BCUT2D eigenvalue weighted by Gasteiger charge is 2.39. The molecule has 6 nitrogen and oxygen atoms in total. The summed E-state index contributed by atoms with van der Waals surface area (Å²) in [4.78, 5) is 39.0. The van der Waals surface area contributed by atoms with Crippen LogP contribution in [0.4, 0.5) is 26.3 Å². The van der Waals surface area contributed by atoms with Crippen molar-refractivity contribution in [1.82, 2.24) is 9.80 Å². The van der Waals surface area contributed by atoms with E-state index < -0.39 is 53.0 Å². The third-order valence-electron chi connectivity index (χ3n) is 7.93. The van der Waals surface area contributed by atoms with E-state index in [9.17, 15) is 40.7 Å². The second kappa shape index (κ2) is 14.6. The highest BCUT2D eigenvalue weighted by atomic mass is 19.2. The van der Waals surface area contributed by atoms with Crippen molar-refractivity contribution >= 4 is 17.8 Å². The van der Waals surface area contributed by atoms with Crippen LogP contribution >= 0.6 is 0 Å². The van der Waals surface area contributed by atoms with Crippen molar-refractivity contribution in [2.24, 2.45) is 0 Å². The number of amides is 2. The lowest BCUT2D eigenvalue weighted by atomic mass is 10.0. The van der Waals surface area contributed by atoms with Crippen LogP contribution in [0.3, 0.4) is 0 Å². The fourth-order valence-electron chi connectivity index (χ4n) is 6.00. The number of carbonyl (C=O) groups is 3. The van der Waals surface area contributed by atoms with Crippen LogP contribution in [0, 0.1) is 34.9 Å². The SMILES string of the molecule is C=CCC(=O)N1[C@@H](/C=C/C(=O)OCC)CC[C@H]1c1cc(F)c(F)c(F)c1.O=C1CC=C[C@H]2CC[C@@H](c3cc(F)c(F)c(F)c3)N12. The number of halogens is 6. The van der Waals surface area contributed by atoms with E-state index in [1.807, 2.05) is 12.2 Å². The molecule has 2 fully saturated rings. The summed E-state index contributed by atoms with van der Waals surface area (Å²) < 4.78 is 84.8. The van der Waals surface area contributed by atoms with Gasteiger partial charge in [0.15, 0.2) is 34.9 Å². The van der Waals surface area contributed by atoms with E-state index in [0.717, 1.165) is 30.7 Å². The molecule has 0 unspecified atom stereocenters. The fourth-order valence-corrected chi connectivity index (χ4v) is 6.00. The Morgan fingerprint density at radius 3 is 2.00 bits per heavy atom. The Morgan fingerprint density at radius 2 is 1.44 bits per heavy atom. The minimum Gasteiger partial charge on any atom is -0.463 e. The minimum absolute atomic E-state index is 0.0116. The summed E-state index contributed by atoms with van der Waals surface area (Å²) in [5.41, 5.74) is 0.494. The molecule has 0 bridgehead atoms. The predicted molar refractivity (Wildman–Crippen MR) is 152 cm³/mol. The fraction of sp³-hybridized carbons (Fsp3) is 0.364. The van der Waals surface area contributed by atoms with Gasteiger partial charge in [0.1, 0.15) is 0 Å². The van der Waals surface area contributed by atoms with E-state index in [-0.39, 0.29) is 42.5 Å². The monoisotopic (exact) mass is 634 g/mol. The first-order valence-corrected chi connectivity index (χ1v) is 14.5. The van der Waals surface area contributed by atoms with Gasteiger partial charge in [0, 0.05) is 18.9 Å². The number of fused-ring (bicyclic) bond motifs is 1. The molecule has 4 atom stereocenters. The maximum absolute atomic E-state index is 13.6. The van der Waals surface area contributed by atoms with E-state index in [0.29, 0.717) is 31.2 Å². The molecule has 0 N–H and O–H groups in total. The molecule has 0 radical (unpaired) electrons. The first-order chi connectivity index (χ1) is 21.5. The Kier molecular flexibility index (Phi) is 10.9. The maximum Gasteiger partial charge on any atom is 0.330 e. The van der Waals surface area contributed by atoms with E-state index in [1.54, 1.807) is 11.8 Å². The first kappa shape index (κ1) is 33.5. The summed E-state index contributed by atoms with van der Waals surface area (Å²) in [5.74, 6) is -8.94. The van der Waals surface area contributed by atoms with Crippen LogP contribution in [0.15, 0.2) is 61.2 Å². The van der Waals surface area contributed by atoms with Gasteiger partial charge in [0.05, 0.1) is 30.8 Å². The molecule has 3 aliphatic heterocycles. The number of esters is 1. The van der Waals surface area contributed by atoms with E-state index >= 15 is 0 Å². The van der Waals surface area contributed by atoms with Crippen molar-refractivity contribution in [3.8, 4) is 0 Å². The van der Waals surface area contributed by atoms with Gasteiger partial charge in [-0.05, 0) is 68.0 Å². The Bertz CT molecular complexity index is 1480. The molecule has 0 saturated carbocycles. The van der Waals surface area contributed by atoms with Crippen molar-refractivity contribution in [2.75, 3.05) is 6.61 Å². The second-order valence-electron chi connectivity index (χ2n) is 10.8. The summed E-state index contributed by atoms with van der Waals surface area (Å²) in [6.07, 6.45) is 10.6. The number of ether oxygens (including phenoxy) is 1. The van der Waals surface area contributed by atoms with Gasteiger partial charge in [-0.1, -0.05) is 24.3 Å². The zero-order chi connectivity index (χ0) is 32.8. The maximum atomic E-state index is 13.6. The molecule has 2 aromatic carbocycles. The summed E-state index contributed by atoms with van der Waals surface area (Å²) in [7, 11) is 0. The lowest BCUT2D eigenvalue weighted by Crippen LogP contribution is -2.38.